The van der Waals surface area contributed by atoms with Crippen molar-refractivity contribution in [2.24, 2.45) is 0 Å². The van der Waals surface area contributed by atoms with E-state index in [1.165, 1.54) is 0 Å². The molecule has 0 aliphatic carbocycles. The molecular weight excluding hydrogens is 398 g/mol. The van der Waals surface area contributed by atoms with Gasteiger partial charge in [-0.05, 0) is 50.4 Å². The molecule has 1 aromatic heterocycles. The average molecular weight is 424 g/mol. The largest absolute Gasteiger partial charge is 0.353 e. The van der Waals surface area contributed by atoms with Crippen LogP contribution in [0.2, 0.25) is 0 Å². The summed E-state index contributed by atoms with van der Waals surface area (Å²) in [4.78, 5) is 4.75. The fraction of sp³-hybridized carbons (Fsp3) is 0.273. The number of nitrogens with one attached hydrogen (secondary N) is 1. The highest BCUT2D eigenvalue weighted by atomic mass is 32.2. The highest BCUT2D eigenvalue weighted by Crippen LogP contribution is 2.24. The summed E-state index contributed by atoms with van der Waals surface area (Å²) in [6, 6.07) is 17.8. The number of rotatable bonds is 5. The van der Waals surface area contributed by atoms with Crippen molar-refractivity contribution < 1.29 is 8.42 Å². The number of aryl methyl sites for hydroxylation is 1. The molecule has 1 aliphatic rings. The molecule has 0 radical (unpaired) electrons. The van der Waals surface area contributed by atoms with Crippen molar-refractivity contribution in [3.8, 4) is 11.3 Å². The first-order valence-electron chi connectivity index (χ1n) is 9.88. The van der Waals surface area contributed by atoms with E-state index in [1.54, 1.807) is 42.5 Å². The third kappa shape index (κ3) is 4.60. The van der Waals surface area contributed by atoms with Crippen LogP contribution in [-0.4, -0.2) is 56.7 Å². The van der Waals surface area contributed by atoms with Crippen molar-refractivity contribution in [2.45, 2.75) is 11.8 Å². The molecule has 2 heterocycles. The SMILES string of the molecule is Cc1ccc(S(=O)(=O)Nc2cccc(-c3ccc(N4CCN(C)CC4)nn3)c2)cc1. The lowest BCUT2D eigenvalue weighted by atomic mass is 10.1. The van der Waals surface area contributed by atoms with Gasteiger partial charge in [0.25, 0.3) is 10.0 Å². The summed E-state index contributed by atoms with van der Waals surface area (Å²) >= 11 is 0. The van der Waals surface area contributed by atoms with Crippen LogP contribution in [0.3, 0.4) is 0 Å². The van der Waals surface area contributed by atoms with Crippen molar-refractivity contribution >= 4 is 21.5 Å². The van der Waals surface area contributed by atoms with E-state index in [0.717, 1.165) is 43.1 Å². The van der Waals surface area contributed by atoms with Gasteiger partial charge in [-0.3, -0.25) is 4.72 Å². The molecular formula is C22H25N5O2S. The van der Waals surface area contributed by atoms with Crippen LogP contribution in [0.15, 0.2) is 65.6 Å². The molecule has 0 atom stereocenters. The Morgan fingerprint density at radius 1 is 0.900 bits per heavy atom. The number of nitrogens with zero attached hydrogens (tertiary/aromatic N) is 4. The molecule has 156 valence electrons. The number of aromatic nitrogens is 2. The number of piperazine rings is 1. The molecule has 30 heavy (non-hydrogen) atoms. The minimum absolute atomic E-state index is 0.231. The second-order valence-electron chi connectivity index (χ2n) is 7.57. The minimum atomic E-state index is -3.65. The second-order valence-corrected chi connectivity index (χ2v) is 9.25. The zero-order chi connectivity index (χ0) is 21.1. The van der Waals surface area contributed by atoms with E-state index in [2.05, 4.69) is 31.8 Å². The van der Waals surface area contributed by atoms with Crippen molar-refractivity contribution in [1.29, 1.82) is 0 Å². The number of sulfonamides is 1. The predicted octanol–water partition coefficient (Wildman–Crippen LogP) is 3.00. The Balaban J connectivity index is 1.51. The van der Waals surface area contributed by atoms with E-state index in [4.69, 9.17) is 0 Å². The van der Waals surface area contributed by atoms with Crippen molar-refractivity contribution in [3.05, 3.63) is 66.2 Å². The second kappa shape index (κ2) is 8.41. The Morgan fingerprint density at radius 3 is 2.30 bits per heavy atom. The van der Waals surface area contributed by atoms with Gasteiger partial charge in [-0.15, -0.1) is 10.2 Å². The van der Waals surface area contributed by atoms with Gasteiger partial charge in [-0.25, -0.2) is 8.42 Å². The van der Waals surface area contributed by atoms with Crippen molar-refractivity contribution in [2.75, 3.05) is 42.8 Å². The first-order valence-corrected chi connectivity index (χ1v) is 11.4. The molecule has 0 spiro atoms. The summed E-state index contributed by atoms with van der Waals surface area (Å²) in [6.45, 7) is 5.80. The molecule has 2 aromatic carbocycles. The first kappa shape index (κ1) is 20.3. The lowest BCUT2D eigenvalue weighted by molar-refractivity contribution is 0.312. The summed E-state index contributed by atoms with van der Waals surface area (Å²) in [5, 5.41) is 8.75. The third-order valence-corrected chi connectivity index (χ3v) is 6.62. The van der Waals surface area contributed by atoms with Crippen LogP contribution in [0.25, 0.3) is 11.3 Å². The molecule has 1 N–H and O–H groups in total. The van der Waals surface area contributed by atoms with Gasteiger partial charge in [0.05, 0.1) is 10.6 Å². The molecule has 4 rings (SSSR count). The highest BCUT2D eigenvalue weighted by Gasteiger charge is 2.17. The maximum Gasteiger partial charge on any atom is 0.261 e. The minimum Gasteiger partial charge on any atom is -0.353 e. The van der Waals surface area contributed by atoms with Crippen LogP contribution in [0.4, 0.5) is 11.5 Å². The molecule has 3 aromatic rings. The van der Waals surface area contributed by atoms with Crippen LogP contribution >= 0.6 is 0 Å². The summed E-state index contributed by atoms with van der Waals surface area (Å²) in [7, 11) is -1.53. The molecule has 1 saturated heterocycles. The molecule has 1 fully saturated rings. The molecule has 0 unspecified atom stereocenters. The van der Waals surface area contributed by atoms with Crippen LogP contribution < -0.4 is 9.62 Å². The molecule has 1 aliphatic heterocycles. The zero-order valence-corrected chi connectivity index (χ0v) is 17.9. The van der Waals surface area contributed by atoms with Crippen LogP contribution in [0.5, 0.6) is 0 Å². The maximum atomic E-state index is 12.7. The van der Waals surface area contributed by atoms with Gasteiger partial charge in [-0.1, -0.05) is 29.8 Å². The van der Waals surface area contributed by atoms with Gasteiger partial charge in [0.2, 0.25) is 0 Å². The molecule has 0 bridgehead atoms. The van der Waals surface area contributed by atoms with E-state index in [9.17, 15) is 8.42 Å². The Kier molecular flexibility index (Phi) is 5.69. The number of hydrogen-bond donors (Lipinski definition) is 1. The lowest BCUT2D eigenvalue weighted by Gasteiger charge is -2.32. The van der Waals surface area contributed by atoms with Crippen LogP contribution in [0, 0.1) is 6.92 Å². The Labute approximate surface area is 177 Å². The zero-order valence-electron chi connectivity index (χ0n) is 17.1. The van der Waals surface area contributed by atoms with E-state index in [-0.39, 0.29) is 4.90 Å². The smallest absolute Gasteiger partial charge is 0.261 e. The Bertz CT molecular complexity index is 1110. The van der Waals surface area contributed by atoms with Crippen molar-refractivity contribution in [3.63, 3.8) is 0 Å². The normalized spacial score (nSPS) is 15.2. The summed E-state index contributed by atoms with van der Waals surface area (Å²) < 4.78 is 28.0. The number of hydrogen-bond acceptors (Lipinski definition) is 6. The van der Waals surface area contributed by atoms with E-state index in [1.807, 2.05) is 25.1 Å². The fourth-order valence-corrected chi connectivity index (χ4v) is 4.41. The lowest BCUT2D eigenvalue weighted by Crippen LogP contribution is -2.44. The van der Waals surface area contributed by atoms with E-state index >= 15 is 0 Å². The van der Waals surface area contributed by atoms with Gasteiger partial charge < -0.3 is 9.80 Å². The Hall–Kier alpha value is -2.97. The van der Waals surface area contributed by atoms with Gasteiger partial charge in [0, 0.05) is 37.4 Å². The standard InChI is InChI=1S/C22H25N5O2S/c1-17-6-8-20(9-7-17)30(28,29)25-19-5-3-4-18(16-19)21-10-11-22(24-23-21)27-14-12-26(2)13-15-27/h3-11,16,25H,12-15H2,1-2H3. The Morgan fingerprint density at radius 2 is 1.63 bits per heavy atom. The maximum absolute atomic E-state index is 12.7. The van der Waals surface area contributed by atoms with E-state index < -0.39 is 10.0 Å². The van der Waals surface area contributed by atoms with Crippen LogP contribution in [0.1, 0.15) is 5.56 Å². The highest BCUT2D eigenvalue weighted by molar-refractivity contribution is 7.92. The van der Waals surface area contributed by atoms with Crippen molar-refractivity contribution in [1.82, 2.24) is 15.1 Å². The number of likely N-dealkylation sites (N-methyl/N-ethyl adjacent to an activating group) is 1. The average Bonchev–Trinajstić information content (AvgIpc) is 2.75. The summed E-state index contributed by atoms with van der Waals surface area (Å²) in [6.07, 6.45) is 0. The summed E-state index contributed by atoms with van der Waals surface area (Å²) in [5.41, 5.74) is 2.99. The fourth-order valence-electron chi connectivity index (χ4n) is 3.36. The van der Waals surface area contributed by atoms with Crippen LogP contribution in [-0.2, 0) is 10.0 Å². The van der Waals surface area contributed by atoms with Gasteiger partial charge in [-0.2, -0.15) is 0 Å². The number of benzene rings is 2. The predicted molar refractivity (Wildman–Crippen MR) is 119 cm³/mol. The first-order chi connectivity index (χ1) is 14.4. The molecule has 7 nitrogen and oxygen atoms in total. The van der Waals surface area contributed by atoms with E-state index in [0.29, 0.717) is 11.4 Å². The molecule has 0 saturated carbocycles. The third-order valence-electron chi connectivity index (χ3n) is 5.22. The quantitative estimate of drug-likeness (QED) is 0.680. The summed E-state index contributed by atoms with van der Waals surface area (Å²) in [5.74, 6) is 0.864. The van der Waals surface area contributed by atoms with Gasteiger partial charge in [0.15, 0.2) is 5.82 Å². The molecule has 0 amide bonds. The molecule has 8 heteroatoms. The monoisotopic (exact) mass is 423 g/mol. The topological polar surface area (TPSA) is 78.4 Å². The van der Waals surface area contributed by atoms with Gasteiger partial charge >= 0.3 is 0 Å². The number of anilines is 2. The van der Waals surface area contributed by atoms with Gasteiger partial charge in [0.1, 0.15) is 0 Å².